The minimum Gasteiger partial charge on any atom is -0.497 e. The van der Waals surface area contributed by atoms with Crippen LogP contribution in [-0.4, -0.2) is 41.7 Å². The van der Waals surface area contributed by atoms with Crippen molar-refractivity contribution in [1.82, 2.24) is 10.2 Å². The Hall–Kier alpha value is -2.47. The van der Waals surface area contributed by atoms with Crippen LogP contribution in [0.15, 0.2) is 53.4 Å². The van der Waals surface area contributed by atoms with E-state index in [0.717, 1.165) is 22.6 Å². The van der Waals surface area contributed by atoms with Gasteiger partial charge in [-0.25, -0.2) is 0 Å². The molecule has 0 saturated heterocycles. The van der Waals surface area contributed by atoms with Gasteiger partial charge in [-0.05, 0) is 56.5 Å². The quantitative estimate of drug-likeness (QED) is 0.507. The normalized spacial score (nSPS) is 12.7. The van der Waals surface area contributed by atoms with Gasteiger partial charge in [0.15, 0.2) is 0 Å². The molecule has 2 aromatic carbocycles. The Morgan fingerprint density at radius 2 is 1.81 bits per heavy atom. The second kappa shape index (κ2) is 12.4. The highest BCUT2D eigenvalue weighted by Gasteiger charge is 2.29. The maximum absolute atomic E-state index is 13.3. The van der Waals surface area contributed by atoms with E-state index in [1.807, 2.05) is 76.2 Å². The zero-order valence-electron chi connectivity index (χ0n) is 19.2. The summed E-state index contributed by atoms with van der Waals surface area (Å²) in [5.74, 6) is 0.851. The number of nitrogens with one attached hydrogen (secondary N) is 1. The molecule has 0 aliphatic rings. The van der Waals surface area contributed by atoms with E-state index in [-0.39, 0.29) is 23.6 Å². The number of hydrogen-bond acceptors (Lipinski definition) is 4. The van der Waals surface area contributed by atoms with Gasteiger partial charge >= 0.3 is 0 Å². The van der Waals surface area contributed by atoms with Gasteiger partial charge in [0, 0.05) is 17.5 Å². The average Bonchev–Trinajstić information content (AvgIpc) is 2.78. The van der Waals surface area contributed by atoms with Crippen molar-refractivity contribution in [2.24, 2.45) is 0 Å². The van der Waals surface area contributed by atoms with Gasteiger partial charge in [-0.2, -0.15) is 0 Å². The topological polar surface area (TPSA) is 58.6 Å². The third kappa shape index (κ3) is 7.62. The van der Waals surface area contributed by atoms with Crippen molar-refractivity contribution in [3.8, 4) is 5.75 Å². The van der Waals surface area contributed by atoms with Crippen LogP contribution in [-0.2, 0) is 16.1 Å². The molecule has 0 aliphatic carbocycles. The molecular weight excluding hydrogens is 408 g/mol. The minimum atomic E-state index is -0.522. The number of amides is 2. The van der Waals surface area contributed by atoms with Crippen LogP contribution in [0.5, 0.6) is 5.75 Å². The van der Waals surface area contributed by atoms with Gasteiger partial charge in [-0.15, -0.1) is 11.8 Å². The van der Waals surface area contributed by atoms with Crippen LogP contribution < -0.4 is 10.1 Å². The van der Waals surface area contributed by atoms with Crippen molar-refractivity contribution in [3.05, 3.63) is 59.7 Å². The summed E-state index contributed by atoms with van der Waals surface area (Å²) >= 11 is 1.49. The van der Waals surface area contributed by atoms with E-state index in [1.165, 1.54) is 17.3 Å². The first kappa shape index (κ1) is 24.8. The van der Waals surface area contributed by atoms with Crippen LogP contribution in [0.1, 0.15) is 44.7 Å². The Morgan fingerprint density at radius 1 is 1.10 bits per heavy atom. The largest absolute Gasteiger partial charge is 0.497 e. The molecule has 6 heteroatoms. The van der Waals surface area contributed by atoms with E-state index in [9.17, 15) is 9.59 Å². The molecule has 0 radical (unpaired) electrons. The first-order valence-corrected chi connectivity index (χ1v) is 11.8. The fourth-order valence-corrected chi connectivity index (χ4v) is 3.98. The standard InChI is InChI=1S/C25H34N2O3S/c1-6-19(4)26-25(29)23(7-2)27(16-20-9-8-10-21(15-20)30-5)24(28)17-31-22-13-11-18(3)12-14-22/h8-15,19,23H,6-7,16-17H2,1-5H3,(H,26,29). The van der Waals surface area contributed by atoms with Gasteiger partial charge in [0.25, 0.3) is 0 Å². The van der Waals surface area contributed by atoms with E-state index >= 15 is 0 Å². The molecule has 2 rings (SSSR count). The number of benzene rings is 2. The van der Waals surface area contributed by atoms with Gasteiger partial charge < -0.3 is 15.0 Å². The number of aryl methyl sites for hydroxylation is 1. The van der Waals surface area contributed by atoms with E-state index < -0.39 is 6.04 Å². The fourth-order valence-electron chi connectivity index (χ4n) is 3.19. The molecule has 2 unspecified atom stereocenters. The van der Waals surface area contributed by atoms with Crippen LogP contribution in [0.2, 0.25) is 0 Å². The zero-order valence-corrected chi connectivity index (χ0v) is 20.0. The van der Waals surface area contributed by atoms with Crippen molar-refractivity contribution in [2.45, 2.75) is 64.1 Å². The second-order valence-corrected chi connectivity index (χ2v) is 8.77. The minimum absolute atomic E-state index is 0.0560. The van der Waals surface area contributed by atoms with Gasteiger partial charge in [-0.3, -0.25) is 9.59 Å². The number of ether oxygens (including phenoxy) is 1. The van der Waals surface area contributed by atoms with E-state index in [1.54, 1.807) is 12.0 Å². The number of rotatable bonds is 11. The number of carbonyl (C=O) groups excluding carboxylic acids is 2. The number of carbonyl (C=O) groups is 2. The molecule has 5 nitrogen and oxygen atoms in total. The maximum atomic E-state index is 13.3. The Labute approximate surface area is 190 Å². The predicted octanol–water partition coefficient (Wildman–Crippen LogP) is 4.82. The number of nitrogens with zero attached hydrogens (tertiary/aromatic N) is 1. The van der Waals surface area contributed by atoms with Crippen molar-refractivity contribution in [2.75, 3.05) is 12.9 Å². The smallest absolute Gasteiger partial charge is 0.243 e. The van der Waals surface area contributed by atoms with Crippen LogP contribution in [0.4, 0.5) is 0 Å². The molecule has 2 atom stereocenters. The van der Waals surface area contributed by atoms with E-state index in [0.29, 0.717) is 13.0 Å². The molecule has 31 heavy (non-hydrogen) atoms. The van der Waals surface area contributed by atoms with Crippen molar-refractivity contribution >= 4 is 23.6 Å². The highest BCUT2D eigenvalue weighted by molar-refractivity contribution is 8.00. The number of thioether (sulfide) groups is 1. The SMILES string of the molecule is CCC(C)NC(=O)C(CC)N(Cc1cccc(OC)c1)C(=O)CSc1ccc(C)cc1. The van der Waals surface area contributed by atoms with Crippen LogP contribution >= 0.6 is 11.8 Å². The molecule has 0 aromatic heterocycles. The highest BCUT2D eigenvalue weighted by atomic mass is 32.2. The Bertz CT molecular complexity index is 854. The number of hydrogen-bond donors (Lipinski definition) is 1. The summed E-state index contributed by atoms with van der Waals surface area (Å²) < 4.78 is 5.33. The zero-order chi connectivity index (χ0) is 22.8. The van der Waals surface area contributed by atoms with Gasteiger partial charge in [-0.1, -0.05) is 43.7 Å². The lowest BCUT2D eigenvalue weighted by atomic mass is 10.1. The average molecular weight is 443 g/mol. The maximum Gasteiger partial charge on any atom is 0.243 e. The molecule has 2 amide bonds. The predicted molar refractivity (Wildman–Crippen MR) is 127 cm³/mol. The van der Waals surface area contributed by atoms with Gasteiger partial charge in [0.05, 0.1) is 12.9 Å². The van der Waals surface area contributed by atoms with Gasteiger partial charge in [0.1, 0.15) is 11.8 Å². The van der Waals surface area contributed by atoms with Crippen molar-refractivity contribution in [1.29, 1.82) is 0 Å². The fraction of sp³-hybridized carbons (Fsp3) is 0.440. The summed E-state index contributed by atoms with van der Waals surface area (Å²) in [5.41, 5.74) is 2.12. The first-order valence-electron chi connectivity index (χ1n) is 10.8. The molecule has 0 spiro atoms. The Balaban J connectivity index is 2.22. The monoisotopic (exact) mass is 442 g/mol. The molecule has 0 bridgehead atoms. The van der Waals surface area contributed by atoms with Crippen LogP contribution in [0.3, 0.4) is 0 Å². The summed E-state index contributed by atoms with van der Waals surface area (Å²) in [5, 5.41) is 3.04. The molecule has 0 aliphatic heterocycles. The Morgan fingerprint density at radius 3 is 2.42 bits per heavy atom. The molecule has 2 aromatic rings. The first-order chi connectivity index (χ1) is 14.9. The highest BCUT2D eigenvalue weighted by Crippen LogP contribution is 2.22. The third-order valence-corrected chi connectivity index (χ3v) is 6.25. The Kier molecular flexibility index (Phi) is 9.92. The van der Waals surface area contributed by atoms with E-state index in [4.69, 9.17) is 4.74 Å². The van der Waals surface area contributed by atoms with Crippen LogP contribution in [0, 0.1) is 6.92 Å². The summed E-state index contributed by atoms with van der Waals surface area (Å²) in [6.07, 6.45) is 1.39. The second-order valence-electron chi connectivity index (χ2n) is 7.72. The molecule has 1 N–H and O–H groups in total. The molecule has 0 saturated carbocycles. The molecular formula is C25H34N2O3S. The van der Waals surface area contributed by atoms with E-state index in [2.05, 4.69) is 5.32 Å². The number of methoxy groups -OCH3 is 1. The lowest BCUT2D eigenvalue weighted by Crippen LogP contribution is -2.51. The van der Waals surface area contributed by atoms with Gasteiger partial charge in [0.2, 0.25) is 11.8 Å². The lowest BCUT2D eigenvalue weighted by Gasteiger charge is -2.31. The van der Waals surface area contributed by atoms with Crippen molar-refractivity contribution in [3.63, 3.8) is 0 Å². The third-order valence-electron chi connectivity index (χ3n) is 5.26. The summed E-state index contributed by atoms with van der Waals surface area (Å²) in [4.78, 5) is 29.0. The summed E-state index contributed by atoms with van der Waals surface area (Å²) in [7, 11) is 1.62. The van der Waals surface area contributed by atoms with Crippen LogP contribution in [0.25, 0.3) is 0 Å². The molecule has 0 fully saturated rings. The molecule has 168 valence electrons. The summed E-state index contributed by atoms with van der Waals surface area (Å²) in [6.45, 7) is 8.35. The van der Waals surface area contributed by atoms with Crippen molar-refractivity contribution < 1.29 is 14.3 Å². The lowest BCUT2D eigenvalue weighted by molar-refractivity contribution is -0.139. The molecule has 0 heterocycles. The summed E-state index contributed by atoms with van der Waals surface area (Å²) in [6, 6.07) is 15.3.